The Bertz CT molecular complexity index is 1170. The molecule has 0 radical (unpaired) electrons. The van der Waals surface area contributed by atoms with Crippen LogP contribution >= 0.6 is 11.6 Å². The second-order valence-electron chi connectivity index (χ2n) is 7.94. The highest BCUT2D eigenvalue weighted by Crippen LogP contribution is 2.34. The molecule has 2 heterocycles. The summed E-state index contributed by atoms with van der Waals surface area (Å²) < 4.78 is 44.5. The molecule has 1 aromatic heterocycles. The Balaban J connectivity index is 1.46. The molecule has 0 aliphatic carbocycles. The molecule has 1 aliphatic rings. The van der Waals surface area contributed by atoms with Gasteiger partial charge in [-0.2, -0.15) is 13.2 Å². The monoisotopic (exact) mass is 490 g/mol. The minimum absolute atomic E-state index is 0.0480. The van der Waals surface area contributed by atoms with Gasteiger partial charge in [0.15, 0.2) is 5.82 Å². The number of halogens is 4. The maximum atomic E-state index is 13.0. The van der Waals surface area contributed by atoms with E-state index < -0.39 is 17.7 Å². The zero-order valence-electron chi connectivity index (χ0n) is 18.3. The predicted octanol–water partition coefficient (Wildman–Crippen LogP) is 5.68. The first-order chi connectivity index (χ1) is 16.3. The molecule has 2 aromatic carbocycles. The first-order valence-corrected chi connectivity index (χ1v) is 11.0. The van der Waals surface area contributed by atoms with Gasteiger partial charge < -0.3 is 15.0 Å². The van der Waals surface area contributed by atoms with E-state index in [1.54, 1.807) is 7.11 Å². The van der Waals surface area contributed by atoms with Gasteiger partial charge in [0.2, 0.25) is 5.91 Å². The first-order valence-electron chi connectivity index (χ1n) is 10.7. The van der Waals surface area contributed by atoms with Gasteiger partial charge in [-0.25, -0.2) is 0 Å². The number of benzene rings is 2. The van der Waals surface area contributed by atoms with E-state index in [1.807, 2.05) is 41.3 Å². The topological polar surface area (TPSA) is 67.3 Å². The number of anilines is 2. The largest absolute Gasteiger partial charge is 0.496 e. The second-order valence-corrected chi connectivity index (χ2v) is 8.35. The Labute approximate surface area is 199 Å². The van der Waals surface area contributed by atoms with Crippen molar-refractivity contribution in [1.82, 2.24) is 10.2 Å². The highest BCUT2D eigenvalue weighted by molar-refractivity contribution is 6.33. The number of hydrogen-bond acceptors (Lipinski definition) is 5. The fourth-order valence-electron chi connectivity index (χ4n) is 3.93. The standard InChI is InChI=1S/C24H22ClF3N4O2/c1-34-21-7-3-2-6-17(21)19-10-11-22(31-30-19)32-12-4-5-15(14-32)23(33)29-20-13-16(24(26,27)28)8-9-18(20)25/h2-3,6-11,13,15H,4-5,12,14H2,1H3,(H,29,33). The lowest BCUT2D eigenvalue weighted by Gasteiger charge is -2.32. The molecular formula is C24H22ClF3N4O2. The molecule has 1 atom stereocenters. The van der Waals surface area contributed by atoms with Gasteiger partial charge in [0.05, 0.1) is 35.0 Å². The van der Waals surface area contributed by atoms with Crippen molar-refractivity contribution in [3.05, 3.63) is 65.2 Å². The lowest BCUT2D eigenvalue weighted by molar-refractivity contribution is -0.137. The third kappa shape index (κ3) is 5.25. The highest BCUT2D eigenvalue weighted by atomic mass is 35.5. The van der Waals surface area contributed by atoms with Crippen LogP contribution in [0.25, 0.3) is 11.3 Å². The van der Waals surface area contributed by atoms with Gasteiger partial charge in [0.1, 0.15) is 5.75 Å². The van der Waals surface area contributed by atoms with Gasteiger partial charge in [-0.15, -0.1) is 10.2 Å². The van der Waals surface area contributed by atoms with Crippen molar-refractivity contribution in [1.29, 1.82) is 0 Å². The fourth-order valence-corrected chi connectivity index (χ4v) is 4.09. The Kier molecular flexibility index (Phi) is 6.92. The number of carbonyl (C=O) groups is 1. The van der Waals surface area contributed by atoms with E-state index in [4.69, 9.17) is 16.3 Å². The number of nitrogens with zero attached hydrogens (tertiary/aromatic N) is 3. The number of aromatic nitrogens is 2. The van der Waals surface area contributed by atoms with Crippen molar-refractivity contribution < 1.29 is 22.7 Å². The van der Waals surface area contributed by atoms with Crippen LogP contribution in [0.15, 0.2) is 54.6 Å². The maximum Gasteiger partial charge on any atom is 0.416 e. The van der Waals surface area contributed by atoms with Crippen LogP contribution in [0.2, 0.25) is 5.02 Å². The van der Waals surface area contributed by atoms with Crippen molar-refractivity contribution in [2.24, 2.45) is 5.92 Å². The van der Waals surface area contributed by atoms with E-state index in [0.717, 1.165) is 30.2 Å². The van der Waals surface area contributed by atoms with Gasteiger partial charge in [-0.1, -0.05) is 23.7 Å². The molecule has 1 N–H and O–H groups in total. The number of carbonyl (C=O) groups excluding carboxylic acids is 1. The number of para-hydroxylation sites is 1. The lowest BCUT2D eigenvalue weighted by atomic mass is 9.97. The minimum Gasteiger partial charge on any atom is -0.496 e. The van der Waals surface area contributed by atoms with Gasteiger partial charge in [0, 0.05) is 18.7 Å². The summed E-state index contributed by atoms with van der Waals surface area (Å²) in [5, 5.41) is 11.3. The van der Waals surface area contributed by atoms with Crippen molar-refractivity contribution in [3.63, 3.8) is 0 Å². The van der Waals surface area contributed by atoms with E-state index in [-0.39, 0.29) is 16.6 Å². The van der Waals surface area contributed by atoms with E-state index >= 15 is 0 Å². The summed E-state index contributed by atoms with van der Waals surface area (Å²) in [4.78, 5) is 14.8. The first kappa shape index (κ1) is 23.8. The Hall–Kier alpha value is -3.33. The summed E-state index contributed by atoms with van der Waals surface area (Å²) in [6.07, 6.45) is -3.20. The van der Waals surface area contributed by atoms with Crippen molar-refractivity contribution in [2.75, 3.05) is 30.4 Å². The van der Waals surface area contributed by atoms with Crippen LogP contribution in [0, 0.1) is 5.92 Å². The zero-order valence-corrected chi connectivity index (χ0v) is 19.0. The van der Waals surface area contributed by atoms with E-state index in [2.05, 4.69) is 15.5 Å². The summed E-state index contributed by atoms with van der Waals surface area (Å²) in [6, 6.07) is 14.0. The maximum absolute atomic E-state index is 13.0. The molecule has 10 heteroatoms. The molecule has 34 heavy (non-hydrogen) atoms. The van der Waals surface area contributed by atoms with Gasteiger partial charge >= 0.3 is 6.18 Å². The number of nitrogens with one attached hydrogen (secondary N) is 1. The number of methoxy groups -OCH3 is 1. The molecule has 1 unspecified atom stereocenters. The Morgan fingerprint density at radius 3 is 2.65 bits per heavy atom. The molecular weight excluding hydrogens is 469 g/mol. The normalized spacial score (nSPS) is 16.3. The van der Waals surface area contributed by atoms with Gasteiger partial charge in [-0.05, 0) is 55.3 Å². The zero-order chi connectivity index (χ0) is 24.3. The summed E-state index contributed by atoms with van der Waals surface area (Å²) in [5.74, 6) is 0.486. The number of hydrogen-bond donors (Lipinski definition) is 1. The fraction of sp³-hybridized carbons (Fsp3) is 0.292. The summed E-state index contributed by atoms with van der Waals surface area (Å²) in [6.45, 7) is 1.06. The van der Waals surface area contributed by atoms with Gasteiger partial charge in [0.25, 0.3) is 0 Å². The van der Waals surface area contributed by atoms with E-state index in [9.17, 15) is 18.0 Å². The van der Waals surface area contributed by atoms with Crippen molar-refractivity contribution in [2.45, 2.75) is 19.0 Å². The molecule has 178 valence electrons. The van der Waals surface area contributed by atoms with Crippen molar-refractivity contribution in [3.8, 4) is 17.0 Å². The predicted molar refractivity (Wildman–Crippen MR) is 124 cm³/mol. The summed E-state index contributed by atoms with van der Waals surface area (Å²) >= 11 is 6.02. The number of alkyl halides is 3. The molecule has 1 saturated heterocycles. The Morgan fingerprint density at radius 1 is 1.15 bits per heavy atom. The van der Waals surface area contributed by atoms with Crippen LogP contribution < -0.4 is 15.0 Å². The van der Waals surface area contributed by atoms with Crippen LogP contribution in [0.1, 0.15) is 18.4 Å². The van der Waals surface area contributed by atoms with Crippen LogP contribution in [-0.4, -0.2) is 36.3 Å². The smallest absolute Gasteiger partial charge is 0.416 e. The van der Waals surface area contributed by atoms with E-state index in [0.29, 0.717) is 36.8 Å². The molecule has 0 spiro atoms. The minimum atomic E-state index is -4.53. The average molecular weight is 491 g/mol. The number of rotatable bonds is 5. The number of piperidine rings is 1. The molecule has 6 nitrogen and oxygen atoms in total. The molecule has 0 bridgehead atoms. The molecule has 1 aliphatic heterocycles. The third-order valence-corrected chi connectivity index (χ3v) is 6.03. The third-order valence-electron chi connectivity index (χ3n) is 5.70. The van der Waals surface area contributed by atoms with Crippen LogP contribution in [0.4, 0.5) is 24.7 Å². The average Bonchev–Trinajstić information content (AvgIpc) is 2.85. The van der Waals surface area contributed by atoms with E-state index in [1.165, 1.54) is 0 Å². The van der Waals surface area contributed by atoms with Crippen LogP contribution in [-0.2, 0) is 11.0 Å². The lowest BCUT2D eigenvalue weighted by Crippen LogP contribution is -2.41. The van der Waals surface area contributed by atoms with Crippen molar-refractivity contribution >= 4 is 29.0 Å². The number of amides is 1. The van der Waals surface area contributed by atoms with Crippen LogP contribution in [0.5, 0.6) is 5.75 Å². The summed E-state index contributed by atoms with van der Waals surface area (Å²) in [5.41, 5.74) is 0.548. The quantitative estimate of drug-likeness (QED) is 0.498. The second kappa shape index (κ2) is 9.89. The van der Waals surface area contributed by atoms with Crippen LogP contribution in [0.3, 0.4) is 0 Å². The molecule has 1 fully saturated rings. The Morgan fingerprint density at radius 2 is 1.94 bits per heavy atom. The summed E-state index contributed by atoms with van der Waals surface area (Å²) in [7, 11) is 1.59. The molecule has 3 aromatic rings. The molecule has 0 saturated carbocycles. The SMILES string of the molecule is COc1ccccc1-c1ccc(N2CCCC(C(=O)Nc3cc(C(F)(F)F)ccc3Cl)C2)nn1. The number of ether oxygens (including phenoxy) is 1. The molecule has 1 amide bonds. The molecule has 4 rings (SSSR count). The highest BCUT2D eigenvalue weighted by Gasteiger charge is 2.32. The van der Waals surface area contributed by atoms with Gasteiger partial charge in [-0.3, -0.25) is 4.79 Å².